The summed E-state index contributed by atoms with van der Waals surface area (Å²) in [6.45, 7) is 1.65. The van der Waals surface area contributed by atoms with Gasteiger partial charge >= 0.3 is 0 Å². The molecule has 150 valence electrons. The Labute approximate surface area is 163 Å². The zero-order valence-corrected chi connectivity index (χ0v) is 15.9. The number of rotatable bonds is 4. The number of halogens is 4. The van der Waals surface area contributed by atoms with Crippen molar-refractivity contribution in [1.29, 1.82) is 5.26 Å². The molecular formula is C19H13F4N3O2S. The molecular weight excluding hydrogens is 410 g/mol. The summed E-state index contributed by atoms with van der Waals surface area (Å²) in [7, 11) is -4.18. The summed E-state index contributed by atoms with van der Waals surface area (Å²) in [5, 5.41) is 9.04. The van der Waals surface area contributed by atoms with Crippen LogP contribution in [-0.2, 0) is 9.84 Å². The molecule has 0 unspecified atom stereocenters. The Morgan fingerprint density at radius 2 is 1.72 bits per heavy atom. The number of alkyl halides is 2. The highest BCUT2D eigenvalue weighted by Crippen LogP contribution is 2.35. The zero-order chi connectivity index (χ0) is 21.5. The molecule has 0 saturated carbocycles. The van der Waals surface area contributed by atoms with E-state index in [0.717, 1.165) is 12.1 Å². The molecule has 0 spiro atoms. The van der Waals surface area contributed by atoms with E-state index in [9.17, 15) is 26.0 Å². The Hall–Kier alpha value is -3.19. The molecule has 1 heterocycles. The van der Waals surface area contributed by atoms with Crippen LogP contribution in [0.3, 0.4) is 0 Å². The van der Waals surface area contributed by atoms with Crippen LogP contribution in [0, 0.1) is 29.9 Å². The fourth-order valence-corrected chi connectivity index (χ4v) is 3.73. The maximum absolute atomic E-state index is 14.3. The Balaban J connectivity index is 2.26. The molecule has 0 atom stereocenters. The first-order chi connectivity index (χ1) is 13.5. The third kappa shape index (κ3) is 3.86. The number of nitriles is 1. The number of aromatic amines is 1. The lowest BCUT2D eigenvalue weighted by atomic mass is 10.0. The summed E-state index contributed by atoms with van der Waals surface area (Å²) < 4.78 is 78.2. The Kier molecular flexibility index (Phi) is 5.19. The minimum atomic E-state index is -4.18. The van der Waals surface area contributed by atoms with Crippen molar-refractivity contribution in [3.05, 3.63) is 58.9 Å². The van der Waals surface area contributed by atoms with Gasteiger partial charge in [-0.2, -0.15) is 5.26 Å². The summed E-state index contributed by atoms with van der Waals surface area (Å²) in [4.78, 5) is 5.08. The van der Waals surface area contributed by atoms with E-state index < -0.39 is 38.6 Å². The minimum absolute atomic E-state index is 0.0544. The van der Waals surface area contributed by atoms with Gasteiger partial charge < -0.3 is 4.98 Å². The molecule has 0 fully saturated rings. The molecule has 10 heteroatoms. The van der Waals surface area contributed by atoms with Crippen LogP contribution in [0.4, 0.5) is 17.6 Å². The van der Waals surface area contributed by atoms with Gasteiger partial charge in [0, 0.05) is 17.4 Å². The molecule has 0 radical (unpaired) electrons. The summed E-state index contributed by atoms with van der Waals surface area (Å²) in [5.74, 6) is -3.43. The summed E-state index contributed by atoms with van der Waals surface area (Å²) in [6, 6.07) is 7.93. The van der Waals surface area contributed by atoms with E-state index in [2.05, 4.69) is 9.97 Å². The van der Waals surface area contributed by atoms with Crippen LogP contribution < -0.4 is 0 Å². The van der Waals surface area contributed by atoms with Gasteiger partial charge in [-0.15, -0.1) is 0 Å². The van der Waals surface area contributed by atoms with Crippen molar-refractivity contribution in [2.24, 2.45) is 0 Å². The number of nitrogens with zero attached hydrogens (tertiary/aromatic N) is 2. The summed E-state index contributed by atoms with van der Waals surface area (Å²) >= 11 is 0. The number of hydrogen-bond acceptors (Lipinski definition) is 4. The highest BCUT2D eigenvalue weighted by atomic mass is 32.2. The van der Waals surface area contributed by atoms with Crippen LogP contribution in [0.25, 0.3) is 22.5 Å². The first-order valence-corrected chi connectivity index (χ1v) is 10.0. The van der Waals surface area contributed by atoms with Gasteiger partial charge in [0.05, 0.1) is 23.0 Å². The van der Waals surface area contributed by atoms with Crippen LogP contribution in [-0.4, -0.2) is 24.6 Å². The lowest BCUT2D eigenvalue weighted by molar-refractivity contribution is 0.141. The van der Waals surface area contributed by atoms with Crippen LogP contribution >= 0.6 is 0 Å². The molecule has 0 amide bonds. The van der Waals surface area contributed by atoms with Crippen molar-refractivity contribution in [3.8, 4) is 28.6 Å². The Morgan fingerprint density at radius 3 is 2.21 bits per heavy atom. The number of nitrogens with one attached hydrogen (secondary N) is 1. The van der Waals surface area contributed by atoms with Gasteiger partial charge in [0.25, 0.3) is 6.43 Å². The maximum Gasteiger partial charge on any atom is 0.295 e. The largest absolute Gasteiger partial charge is 0.337 e. The van der Waals surface area contributed by atoms with E-state index in [4.69, 9.17) is 5.26 Å². The van der Waals surface area contributed by atoms with Gasteiger partial charge in [-0.05, 0) is 36.8 Å². The third-order valence-corrected chi connectivity index (χ3v) is 5.34. The van der Waals surface area contributed by atoms with Gasteiger partial charge in [0.15, 0.2) is 15.7 Å². The Bertz CT molecular complexity index is 1240. The second kappa shape index (κ2) is 7.33. The molecule has 0 aliphatic heterocycles. The number of aromatic nitrogens is 2. The molecule has 0 aliphatic rings. The smallest absolute Gasteiger partial charge is 0.295 e. The molecule has 29 heavy (non-hydrogen) atoms. The predicted octanol–water partition coefficient (Wildman–Crippen LogP) is 4.54. The lowest BCUT2D eigenvalue weighted by Crippen LogP contribution is -2.05. The molecule has 3 rings (SSSR count). The van der Waals surface area contributed by atoms with Crippen molar-refractivity contribution >= 4 is 9.84 Å². The molecule has 2 aromatic carbocycles. The average molecular weight is 423 g/mol. The summed E-state index contributed by atoms with van der Waals surface area (Å²) in [5.41, 5.74) is 0.963. The highest BCUT2D eigenvalue weighted by Gasteiger charge is 2.25. The average Bonchev–Trinajstić information content (AvgIpc) is 3.05. The van der Waals surface area contributed by atoms with Crippen LogP contribution in [0.15, 0.2) is 35.2 Å². The van der Waals surface area contributed by atoms with Crippen molar-refractivity contribution < 1.29 is 26.0 Å². The van der Waals surface area contributed by atoms with Crippen molar-refractivity contribution in [3.63, 3.8) is 0 Å². The van der Waals surface area contributed by atoms with Gasteiger partial charge in [-0.1, -0.05) is 6.07 Å². The third-order valence-electron chi connectivity index (χ3n) is 4.21. The standard InChI is InChI=1S/C19H13F4N3O2S/c1-9-5-10(3-4-11(9)8-24)15-16(26-19(25-15)18(22)23)12-6-13(20)17(14(21)7-12)29(2,27)28/h3-7,18H,1-2H3,(H,25,26). The van der Waals surface area contributed by atoms with Crippen molar-refractivity contribution in [2.75, 3.05) is 6.26 Å². The Morgan fingerprint density at radius 1 is 1.10 bits per heavy atom. The predicted molar refractivity (Wildman–Crippen MR) is 96.9 cm³/mol. The fourth-order valence-electron chi connectivity index (χ4n) is 2.91. The quantitative estimate of drug-likeness (QED) is 0.624. The van der Waals surface area contributed by atoms with E-state index in [1.54, 1.807) is 13.0 Å². The number of benzene rings is 2. The lowest BCUT2D eigenvalue weighted by Gasteiger charge is -2.08. The minimum Gasteiger partial charge on any atom is -0.337 e. The van der Waals surface area contributed by atoms with E-state index in [-0.39, 0.29) is 17.0 Å². The topological polar surface area (TPSA) is 86.6 Å². The monoisotopic (exact) mass is 423 g/mol. The highest BCUT2D eigenvalue weighted by molar-refractivity contribution is 7.90. The second-order valence-electron chi connectivity index (χ2n) is 6.33. The van der Waals surface area contributed by atoms with Crippen LogP contribution in [0.5, 0.6) is 0 Å². The number of hydrogen-bond donors (Lipinski definition) is 1. The molecule has 0 aliphatic carbocycles. The number of imidazole rings is 1. The number of aryl methyl sites for hydroxylation is 1. The van der Waals surface area contributed by atoms with Crippen LogP contribution in [0.2, 0.25) is 0 Å². The van der Waals surface area contributed by atoms with Gasteiger partial charge in [-0.3, -0.25) is 0 Å². The molecule has 0 saturated heterocycles. The van der Waals surface area contributed by atoms with E-state index in [1.807, 2.05) is 6.07 Å². The van der Waals surface area contributed by atoms with Crippen LogP contribution in [0.1, 0.15) is 23.4 Å². The van der Waals surface area contributed by atoms with Crippen molar-refractivity contribution in [2.45, 2.75) is 18.2 Å². The molecule has 5 nitrogen and oxygen atoms in total. The molecule has 1 N–H and O–H groups in total. The maximum atomic E-state index is 14.3. The van der Waals surface area contributed by atoms with Gasteiger partial charge in [0.1, 0.15) is 16.5 Å². The van der Waals surface area contributed by atoms with Gasteiger partial charge in [-0.25, -0.2) is 31.0 Å². The zero-order valence-electron chi connectivity index (χ0n) is 15.1. The van der Waals surface area contributed by atoms with Gasteiger partial charge in [0.2, 0.25) is 0 Å². The van der Waals surface area contributed by atoms with Crippen molar-refractivity contribution in [1.82, 2.24) is 9.97 Å². The second-order valence-corrected chi connectivity index (χ2v) is 8.28. The SMILES string of the molecule is Cc1cc(-c2[nH]c(C(F)F)nc2-c2cc(F)c(S(C)(=O)=O)c(F)c2)ccc1C#N. The summed E-state index contributed by atoms with van der Waals surface area (Å²) in [6.07, 6.45) is -2.32. The van der Waals surface area contributed by atoms with E-state index in [0.29, 0.717) is 22.9 Å². The van der Waals surface area contributed by atoms with E-state index >= 15 is 0 Å². The normalized spacial score (nSPS) is 11.7. The molecule has 3 aromatic rings. The number of sulfone groups is 1. The molecule has 0 bridgehead atoms. The van der Waals surface area contributed by atoms with E-state index in [1.165, 1.54) is 12.1 Å². The fraction of sp³-hybridized carbons (Fsp3) is 0.158. The first kappa shape index (κ1) is 20.5. The molecule has 1 aromatic heterocycles. The number of H-pyrrole nitrogens is 1. The first-order valence-electron chi connectivity index (χ1n) is 8.11.